The summed E-state index contributed by atoms with van der Waals surface area (Å²) in [5, 5.41) is 3.47. The van der Waals surface area contributed by atoms with Crippen LogP contribution in [0.3, 0.4) is 0 Å². The molecule has 1 aliphatic heterocycles. The van der Waals surface area contributed by atoms with E-state index >= 15 is 0 Å². The SMILES string of the molecule is CC1CN(C(=O)c2ccc(N(C)C)cc2)C(C(C)C)CN1. The van der Waals surface area contributed by atoms with Crippen molar-refractivity contribution in [3.63, 3.8) is 0 Å². The first kappa shape index (κ1) is 15.8. The van der Waals surface area contributed by atoms with E-state index in [1.54, 1.807) is 0 Å². The molecule has 1 aromatic carbocycles. The standard InChI is InChI=1S/C17H27N3O/c1-12(2)16-10-18-13(3)11-20(16)17(21)14-6-8-15(9-7-14)19(4)5/h6-9,12-13,16,18H,10-11H2,1-5H3. The number of carbonyl (C=O) groups is 1. The average Bonchev–Trinajstić information content (AvgIpc) is 2.46. The van der Waals surface area contributed by atoms with Gasteiger partial charge >= 0.3 is 0 Å². The molecule has 0 aliphatic carbocycles. The van der Waals surface area contributed by atoms with Crippen LogP contribution < -0.4 is 10.2 Å². The summed E-state index contributed by atoms with van der Waals surface area (Å²) >= 11 is 0. The molecule has 1 aromatic rings. The first-order valence-electron chi connectivity index (χ1n) is 7.72. The Hall–Kier alpha value is -1.55. The molecule has 0 radical (unpaired) electrons. The predicted octanol–water partition coefficient (Wildman–Crippen LogP) is 2.21. The molecule has 116 valence electrons. The lowest BCUT2D eigenvalue weighted by Crippen LogP contribution is -2.59. The Bertz CT molecular complexity index is 481. The predicted molar refractivity (Wildman–Crippen MR) is 87.9 cm³/mol. The number of amides is 1. The maximum atomic E-state index is 12.8. The van der Waals surface area contributed by atoms with Crippen molar-refractivity contribution in [2.45, 2.75) is 32.9 Å². The highest BCUT2D eigenvalue weighted by Gasteiger charge is 2.31. The van der Waals surface area contributed by atoms with Gasteiger partial charge in [0, 0.05) is 50.5 Å². The molecule has 4 nitrogen and oxygen atoms in total. The Kier molecular flexibility index (Phi) is 4.88. The zero-order valence-corrected chi connectivity index (χ0v) is 13.8. The molecule has 1 aliphatic rings. The molecule has 0 saturated carbocycles. The fourth-order valence-electron chi connectivity index (χ4n) is 2.82. The lowest BCUT2D eigenvalue weighted by atomic mass is 9.97. The van der Waals surface area contributed by atoms with Gasteiger partial charge in [0.15, 0.2) is 0 Å². The Morgan fingerprint density at radius 2 is 1.90 bits per heavy atom. The minimum absolute atomic E-state index is 0.146. The summed E-state index contributed by atoms with van der Waals surface area (Å²) in [6.45, 7) is 8.14. The quantitative estimate of drug-likeness (QED) is 0.926. The van der Waals surface area contributed by atoms with Crippen molar-refractivity contribution < 1.29 is 4.79 Å². The van der Waals surface area contributed by atoms with Crippen LogP contribution in [0, 0.1) is 5.92 Å². The summed E-state index contributed by atoms with van der Waals surface area (Å²) in [7, 11) is 4.01. The lowest BCUT2D eigenvalue weighted by Gasteiger charge is -2.41. The van der Waals surface area contributed by atoms with Gasteiger partial charge in [-0.2, -0.15) is 0 Å². The molecular formula is C17H27N3O. The van der Waals surface area contributed by atoms with Gasteiger partial charge in [-0.05, 0) is 37.1 Å². The summed E-state index contributed by atoms with van der Waals surface area (Å²) in [4.78, 5) is 16.9. The van der Waals surface area contributed by atoms with E-state index in [4.69, 9.17) is 0 Å². The summed E-state index contributed by atoms with van der Waals surface area (Å²) in [6, 6.07) is 8.49. The summed E-state index contributed by atoms with van der Waals surface area (Å²) < 4.78 is 0. The number of nitrogens with zero attached hydrogens (tertiary/aromatic N) is 2. The van der Waals surface area contributed by atoms with E-state index in [1.165, 1.54) is 0 Å². The van der Waals surface area contributed by atoms with E-state index in [-0.39, 0.29) is 11.9 Å². The first-order valence-corrected chi connectivity index (χ1v) is 7.72. The molecule has 1 heterocycles. The van der Waals surface area contributed by atoms with Crippen molar-refractivity contribution in [3.8, 4) is 0 Å². The zero-order valence-electron chi connectivity index (χ0n) is 13.8. The van der Waals surface area contributed by atoms with Gasteiger partial charge in [-0.1, -0.05) is 13.8 Å². The van der Waals surface area contributed by atoms with E-state index < -0.39 is 0 Å². The largest absolute Gasteiger partial charge is 0.378 e. The van der Waals surface area contributed by atoms with Gasteiger partial charge in [0.1, 0.15) is 0 Å². The van der Waals surface area contributed by atoms with Crippen LogP contribution in [-0.4, -0.2) is 50.1 Å². The monoisotopic (exact) mass is 289 g/mol. The van der Waals surface area contributed by atoms with Crippen molar-refractivity contribution >= 4 is 11.6 Å². The van der Waals surface area contributed by atoms with Crippen LogP contribution in [0.5, 0.6) is 0 Å². The molecule has 0 bridgehead atoms. The minimum atomic E-state index is 0.146. The van der Waals surface area contributed by atoms with Gasteiger partial charge in [0.25, 0.3) is 5.91 Å². The molecule has 1 amide bonds. The highest BCUT2D eigenvalue weighted by atomic mass is 16.2. The van der Waals surface area contributed by atoms with E-state index in [9.17, 15) is 4.79 Å². The number of rotatable bonds is 3. The Morgan fingerprint density at radius 1 is 1.29 bits per heavy atom. The van der Waals surface area contributed by atoms with Gasteiger partial charge < -0.3 is 15.1 Å². The van der Waals surface area contributed by atoms with Gasteiger partial charge in [-0.15, -0.1) is 0 Å². The molecule has 1 fully saturated rings. The molecule has 1 N–H and O–H groups in total. The molecule has 1 saturated heterocycles. The molecule has 0 spiro atoms. The normalized spacial score (nSPS) is 22.5. The van der Waals surface area contributed by atoms with Crippen LogP contribution in [0.15, 0.2) is 24.3 Å². The molecule has 4 heteroatoms. The Morgan fingerprint density at radius 3 is 2.43 bits per heavy atom. The van der Waals surface area contributed by atoms with Crippen LogP contribution >= 0.6 is 0 Å². The summed E-state index contributed by atoms with van der Waals surface area (Å²) in [5.41, 5.74) is 1.89. The summed E-state index contributed by atoms with van der Waals surface area (Å²) in [6.07, 6.45) is 0. The maximum Gasteiger partial charge on any atom is 0.254 e. The Labute approximate surface area is 128 Å². The van der Waals surface area contributed by atoms with Crippen molar-refractivity contribution in [1.82, 2.24) is 10.2 Å². The minimum Gasteiger partial charge on any atom is -0.378 e. The van der Waals surface area contributed by atoms with Gasteiger partial charge in [-0.3, -0.25) is 4.79 Å². The average molecular weight is 289 g/mol. The van der Waals surface area contributed by atoms with Crippen LogP contribution in [0.2, 0.25) is 0 Å². The third-order valence-corrected chi connectivity index (χ3v) is 4.21. The molecule has 2 unspecified atom stereocenters. The van der Waals surface area contributed by atoms with Gasteiger partial charge in [0.05, 0.1) is 0 Å². The fraction of sp³-hybridized carbons (Fsp3) is 0.588. The van der Waals surface area contributed by atoms with Crippen molar-refractivity contribution in [2.24, 2.45) is 5.92 Å². The maximum absolute atomic E-state index is 12.8. The van der Waals surface area contributed by atoms with E-state index in [0.29, 0.717) is 12.0 Å². The first-order chi connectivity index (χ1) is 9.90. The van der Waals surface area contributed by atoms with Crippen molar-refractivity contribution in [2.75, 3.05) is 32.1 Å². The molecular weight excluding hydrogens is 262 g/mol. The highest BCUT2D eigenvalue weighted by Crippen LogP contribution is 2.20. The molecule has 2 rings (SSSR count). The molecule has 0 aromatic heterocycles. The number of hydrogen-bond acceptors (Lipinski definition) is 3. The topological polar surface area (TPSA) is 35.6 Å². The second-order valence-corrected chi connectivity index (χ2v) is 6.52. The van der Waals surface area contributed by atoms with Crippen molar-refractivity contribution in [1.29, 1.82) is 0 Å². The van der Waals surface area contributed by atoms with E-state index in [2.05, 4.69) is 26.1 Å². The Balaban J connectivity index is 2.19. The van der Waals surface area contributed by atoms with Crippen LogP contribution in [0.4, 0.5) is 5.69 Å². The van der Waals surface area contributed by atoms with Crippen molar-refractivity contribution in [3.05, 3.63) is 29.8 Å². The van der Waals surface area contributed by atoms with Crippen LogP contribution in [-0.2, 0) is 0 Å². The number of carbonyl (C=O) groups excluding carboxylic acids is 1. The smallest absolute Gasteiger partial charge is 0.254 e. The number of anilines is 1. The zero-order chi connectivity index (χ0) is 15.6. The fourth-order valence-corrected chi connectivity index (χ4v) is 2.82. The number of benzene rings is 1. The van der Waals surface area contributed by atoms with E-state index in [0.717, 1.165) is 24.3 Å². The second-order valence-electron chi connectivity index (χ2n) is 6.52. The number of piperazine rings is 1. The lowest BCUT2D eigenvalue weighted by molar-refractivity contribution is 0.0522. The second kappa shape index (κ2) is 6.48. The molecule has 2 atom stereocenters. The van der Waals surface area contributed by atoms with Crippen LogP contribution in [0.1, 0.15) is 31.1 Å². The van der Waals surface area contributed by atoms with Gasteiger partial charge in [-0.25, -0.2) is 0 Å². The summed E-state index contributed by atoms with van der Waals surface area (Å²) in [5.74, 6) is 0.599. The molecule has 21 heavy (non-hydrogen) atoms. The number of hydrogen-bond donors (Lipinski definition) is 1. The van der Waals surface area contributed by atoms with Crippen LogP contribution in [0.25, 0.3) is 0 Å². The third kappa shape index (κ3) is 3.56. The van der Waals surface area contributed by atoms with Gasteiger partial charge in [0.2, 0.25) is 0 Å². The third-order valence-electron chi connectivity index (χ3n) is 4.21. The number of nitrogens with one attached hydrogen (secondary N) is 1. The van der Waals surface area contributed by atoms with E-state index in [1.807, 2.05) is 48.2 Å². The highest BCUT2D eigenvalue weighted by molar-refractivity contribution is 5.95.